The first-order valence-electron chi connectivity index (χ1n) is 32.0. The molecular weight excluding hydrogens is 1110 g/mol. The molecule has 0 unspecified atom stereocenters. The lowest BCUT2D eigenvalue weighted by Gasteiger charge is -2.34. The fourth-order valence-electron chi connectivity index (χ4n) is 16.1. The van der Waals surface area contributed by atoms with Gasteiger partial charge < -0.3 is 9.80 Å². The zero-order chi connectivity index (χ0) is 60.7. The van der Waals surface area contributed by atoms with Crippen LogP contribution >= 0.6 is 0 Å². The average molecular weight is 1170 g/mol. The van der Waals surface area contributed by atoms with E-state index in [1.807, 2.05) is 0 Å². The molecule has 16 aromatic carbocycles. The maximum atomic E-state index is 2.46. The summed E-state index contributed by atoms with van der Waals surface area (Å²) in [7, 11) is 0. The molecule has 2 aliphatic rings. The van der Waals surface area contributed by atoms with Gasteiger partial charge in [-0.15, -0.1) is 0 Å². The van der Waals surface area contributed by atoms with Crippen molar-refractivity contribution >= 4 is 66.4 Å². The van der Waals surface area contributed by atoms with Crippen LogP contribution in [0, 0.1) is 0 Å². The fourth-order valence-corrected chi connectivity index (χ4v) is 16.1. The van der Waals surface area contributed by atoms with Gasteiger partial charge in [-0.2, -0.15) is 0 Å². The zero-order valence-corrected chi connectivity index (χ0v) is 50.5. The molecule has 0 amide bonds. The molecule has 2 nitrogen and oxygen atoms in total. The van der Waals surface area contributed by atoms with Crippen LogP contribution in [0.4, 0.5) is 34.1 Å². The lowest BCUT2D eigenvalue weighted by atomic mass is 9.67. The summed E-state index contributed by atoms with van der Waals surface area (Å²) in [5, 5.41) is 7.27. The van der Waals surface area contributed by atoms with E-state index in [2.05, 4.69) is 374 Å². The van der Waals surface area contributed by atoms with E-state index in [1.165, 1.54) is 99.1 Å². The molecule has 2 aliphatic carbocycles. The molecule has 0 aliphatic heterocycles. The minimum Gasteiger partial charge on any atom is -0.310 e. The minimum absolute atomic E-state index is 0.501. The summed E-state index contributed by atoms with van der Waals surface area (Å²) in [5.74, 6) is 0. The van der Waals surface area contributed by atoms with Crippen LogP contribution in [0.5, 0.6) is 0 Å². The van der Waals surface area contributed by atoms with E-state index >= 15 is 0 Å². The Bertz CT molecular complexity index is 5050. The van der Waals surface area contributed by atoms with Crippen molar-refractivity contribution in [2.75, 3.05) is 9.80 Å². The molecule has 0 spiro atoms. The molecule has 0 radical (unpaired) electrons. The summed E-state index contributed by atoms with van der Waals surface area (Å²) in [5.41, 5.74) is 25.6. The second-order valence-electron chi connectivity index (χ2n) is 24.6. The highest BCUT2D eigenvalue weighted by molar-refractivity contribution is 6.28. The van der Waals surface area contributed by atoms with E-state index in [0.29, 0.717) is 0 Å². The summed E-state index contributed by atoms with van der Waals surface area (Å²) in [6, 6.07) is 135. The van der Waals surface area contributed by atoms with E-state index in [1.54, 1.807) is 0 Å². The van der Waals surface area contributed by atoms with Gasteiger partial charge in [0.15, 0.2) is 0 Å². The molecule has 0 saturated heterocycles. The Kier molecular flexibility index (Phi) is 12.4. The van der Waals surface area contributed by atoms with E-state index in [9.17, 15) is 0 Å². The Morgan fingerprint density at radius 2 is 0.478 bits per heavy atom. The Morgan fingerprint density at radius 3 is 0.848 bits per heavy atom. The molecule has 430 valence electrons. The van der Waals surface area contributed by atoms with Gasteiger partial charge in [-0.1, -0.05) is 291 Å². The third kappa shape index (κ3) is 8.07. The molecule has 0 bridgehead atoms. The number of benzene rings is 16. The fraction of sp³-hybridized carbons (Fsp3) is 0.0222. The van der Waals surface area contributed by atoms with E-state index in [-0.39, 0.29) is 0 Å². The summed E-state index contributed by atoms with van der Waals surface area (Å²) in [4.78, 5) is 4.91. The van der Waals surface area contributed by atoms with Crippen LogP contribution in [0.1, 0.15) is 44.5 Å². The number of hydrogen-bond acceptors (Lipinski definition) is 2. The van der Waals surface area contributed by atoms with Crippen molar-refractivity contribution in [1.29, 1.82) is 0 Å². The van der Waals surface area contributed by atoms with Crippen molar-refractivity contribution < 1.29 is 0 Å². The predicted molar refractivity (Wildman–Crippen MR) is 385 cm³/mol. The van der Waals surface area contributed by atoms with Crippen LogP contribution in [0.2, 0.25) is 0 Å². The van der Waals surface area contributed by atoms with E-state index < -0.39 is 10.8 Å². The molecular formula is C90H60N2. The molecule has 0 N–H and O–H groups in total. The number of hydrogen-bond donors (Lipinski definition) is 0. The number of nitrogens with zero attached hydrogens (tertiary/aromatic N) is 2. The lowest BCUT2D eigenvalue weighted by molar-refractivity contribution is 0.769. The quantitative estimate of drug-likeness (QED) is 0.113. The molecule has 0 aromatic heterocycles. The molecule has 0 fully saturated rings. The van der Waals surface area contributed by atoms with Gasteiger partial charge in [0.25, 0.3) is 0 Å². The smallest absolute Gasteiger partial charge is 0.0713 e. The average Bonchev–Trinajstić information content (AvgIpc) is 1.77. The zero-order valence-electron chi connectivity index (χ0n) is 50.5. The first kappa shape index (κ1) is 53.2. The maximum Gasteiger partial charge on any atom is 0.0713 e. The summed E-state index contributed by atoms with van der Waals surface area (Å²) in [6.07, 6.45) is 0. The molecule has 0 saturated carbocycles. The monoisotopic (exact) mass is 1170 g/mol. The Hall–Kier alpha value is -11.8. The summed E-state index contributed by atoms with van der Waals surface area (Å²) in [6.45, 7) is 0. The number of fused-ring (bicyclic) bond motifs is 6. The first-order chi connectivity index (χ1) is 45.6. The Morgan fingerprint density at radius 1 is 0.196 bits per heavy atom. The van der Waals surface area contributed by atoms with Crippen LogP contribution < -0.4 is 9.80 Å². The third-order valence-electron chi connectivity index (χ3n) is 19.9. The highest BCUT2D eigenvalue weighted by atomic mass is 15.1. The van der Waals surface area contributed by atoms with Crippen LogP contribution in [0.15, 0.2) is 364 Å². The second kappa shape index (κ2) is 21.4. The molecule has 0 heterocycles. The van der Waals surface area contributed by atoms with Crippen LogP contribution in [-0.2, 0) is 10.8 Å². The molecule has 16 aromatic rings. The van der Waals surface area contributed by atoms with Crippen molar-refractivity contribution in [2.45, 2.75) is 10.8 Å². The van der Waals surface area contributed by atoms with Crippen molar-refractivity contribution in [3.05, 3.63) is 408 Å². The van der Waals surface area contributed by atoms with Crippen molar-refractivity contribution in [3.63, 3.8) is 0 Å². The lowest BCUT2D eigenvalue weighted by Crippen LogP contribution is -2.28. The van der Waals surface area contributed by atoms with Gasteiger partial charge in [0.1, 0.15) is 0 Å². The van der Waals surface area contributed by atoms with Gasteiger partial charge in [0.2, 0.25) is 0 Å². The molecule has 18 rings (SSSR count). The van der Waals surface area contributed by atoms with Gasteiger partial charge in [0.05, 0.1) is 22.2 Å². The van der Waals surface area contributed by atoms with Gasteiger partial charge in [-0.05, 0) is 183 Å². The molecule has 92 heavy (non-hydrogen) atoms. The van der Waals surface area contributed by atoms with Crippen LogP contribution in [-0.4, -0.2) is 0 Å². The summed E-state index contributed by atoms with van der Waals surface area (Å²) < 4.78 is 0. The molecule has 0 atom stereocenters. The van der Waals surface area contributed by atoms with E-state index in [4.69, 9.17) is 0 Å². The normalized spacial score (nSPS) is 13.2. The Balaban J connectivity index is 0.764. The molecule has 2 heteroatoms. The SMILES string of the molecule is c1ccc(N(c2cccc(-c3cccc(C4(c5ccccc5)c5ccccc5-c5ccccc54)c3)c2)c2ccc3ccc4c(N(c5ccccc5)c5cccc(-c6cccc(C7(c8ccccc8)c8ccccc8-c8ccccc87)c6)c5)ccc5ccc2c3c54)cc1. The van der Waals surface area contributed by atoms with Crippen molar-refractivity contribution in [2.24, 2.45) is 0 Å². The van der Waals surface area contributed by atoms with Gasteiger partial charge >= 0.3 is 0 Å². The second-order valence-corrected chi connectivity index (χ2v) is 24.6. The van der Waals surface area contributed by atoms with Gasteiger partial charge in [0, 0.05) is 33.5 Å². The number of rotatable bonds is 12. The first-order valence-corrected chi connectivity index (χ1v) is 32.0. The van der Waals surface area contributed by atoms with Crippen molar-refractivity contribution in [1.82, 2.24) is 0 Å². The van der Waals surface area contributed by atoms with Crippen molar-refractivity contribution in [3.8, 4) is 44.5 Å². The maximum absolute atomic E-state index is 2.46. The number of para-hydroxylation sites is 2. The van der Waals surface area contributed by atoms with Crippen LogP contribution in [0.25, 0.3) is 76.8 Å². The Labute approximate surface area is 536 Å². The third-order valence-corrected chi connectivity index (χ3v) is 19.9. The highest BCUT2D eigenvalue weighted by Crippen LogP contribution is 2.59. The van der Waals surface area contributed by atoms with Gasteiger partial charge in [-0.3, -0.25) is 0 Å². The topological polar surface area (TPSA) is 6.48 Å². The minimum atomic E-state index is -0.501. The standard InChI is InChI=1S/C90H60N2/c1-5-29-67(30-6-1)89(81-45-17-13-41-75(81)76-42-14-18-46-82(76)89)69-33-21-25-63(57-69)65-27-23-39-73(59-65)91(71-35-9-3-10-36-71)85-55-51-61-50-54-80-86(56-52-62-49-53-79(85)87(61)88(62)80)92(72-37-11-4-12-38-72)74-40-24-28-66(60-74)64-26-22-34-70(58-64)90(68-31-7-2-8-32-68)83-47-19-15-43-77(83)78-44-16-20-48-84(78)90/h1-60H. The number of anilines is 6. The van der Waals surface area contributed by atoms with Crippen LogP contribution in [0.3, 0.4) is 0 Å². The highest BCUT2D eigenvalue weighted by Gasteiger charge is 2.47. The van der Waals surface area contributed by atoms with Gasteiger partial charge in [-0.25, -0.2) is 0 Å². The van der Waals surface area contributed by atoms with E-state index in [0.717, 1.165) is 56.4 Å². The summed E-state index contributed by atoms with van der Waals surface area (Å²) >= 11 is 0. The largest absolute Gasteiger partial charge is 0.310 e. The predicted octanol–water partition coefficient (Wildman–Crippen LogP) is 23.6.